The minimum absolute atomic E-state index is 0.0175. The van der Waals surface area contributed by atoms with Crippen LogP contribution >= 0.6 is 23.2 Å². The number of nitrogens with one attached hydrogen (secondary N) is 1. The normalized spacial score (nSPS) is 10.7. The quantitative estimate of drug-likeness (QED) is 0.403. The summed E-state index contributed by atoms with van der Waals surface area (Å²) in [4.78, 5) is 16.9. The lowest BCUT2D eigenvalue weighted by molar-refractivity contribution is 0.102. The molecule has 0 bridgehead atoms. The topological polar surface area (TPSA) is 71.5 Å². The van der Waals surface area contributed by atoms with Gasteiger partial charge >= 0.3 is 0 Å². The Hall–Kier alpha value is -3.28. The molecule has 1 heterocycles. The highest BCUT2D eigenvalue weighted by Crippen LogP contribution is 2.33. The molecule has 4 aromatic rings. The van der Waals surface area contributed by atoms with Crippen molar-refractivity contribution in [1.29, 1.82) is 0 Å². The van der Waals surface area contributed by atoms with Crippen molar-refractivity contribution in [3.8, 4) is 17.2 Å². The maximum atomic E-state index is 12.8. The molecule has 7 heteroatoms. The molecule has 1 amide bonds. The van der Waals surface area contributed by atoms with Gasteiger partial charge in [-0.1, -0.05) is 29.3 Å². The van der Waals surface area contributed by atoms with Crippen molar-refractivity contribution < 1.29 is 14.6 Å². The molecule has 0 fully saturated rings. The molecule has 0 aliphatic carbocycles. The number of benzene rings is 3. The Bertz CT molecular complexity index is 1210. The van der Waals surface area contributed by atoms with Crippen molar-refractivity contribution in [1.82, 2.24) is 4.98 Å². The van der Waals surface area contributed by atoms with Crippen LogP contribution < -0.4 is 10.1 Å². The fourth-order valence-corrected chi connectivity index (χ4v) is 3.19. The average Bonchev–Trinajstić information content (AvgIpc) is 2.72. The Morgan fingerprint density at radius 2 is 1.79 bits per heavy atom. The Balaban J connectivity index is 1.56. The predicted molar refractivity (Wildman–Crippen MR) is 114 cm³/mol. The number of aromatic hydroxyl groups is 1. The summed E-state index contributed by atoms with van der Waals surface area (Å²) in [7, 11) is 0. The first-order chi connectivity index (χ1) is 14.0. The maximum absolute atomic E-state index is 12.8. The number of ether oxygens (including phenoxy) is 1. The van der Waals surface area contributed by atoms with E-state index in [2.05, 4.69) is 10.3 Å². The molecule has 0 atom stereocenters. The van der Waals surface area contributed by atoms with E-state index in [1.165, 1.54) is 6.07 Å². The van der Waals surface area contributed by atoms with Gasteiger partial charge in [0.1, 0.15) is 22.8 Å². The van der Waals surface area contributed by atoms with E-state index in [9.17, 15) is 9.90 Å². The summed E-state index contributed by atoms with van der Waals surface area (Å²) in [6, 6.07) is 18.3. The first kappa shape index (κ1) is 19.1. The number of nitrogens with zero attached hydrogens (tertiary/aromatic N) is 1. The molecule has 0 aliphatic heterocycles. The number of fused-ring (bicyclic) bond motifs is 1. The lowest BCUT2D eigenvalue weighted by atomic mass is 10.1. The molecule has 4 rings (SSSR count). The van der Waals surface area contributed by atoms with Crippen molar-refractivity contribution in [2.24, 2.45) is 0 Å². The van der Waals surface area contributed by atoms with Gasteiger partial charge in [-0.15, -0.1) is 0 Å². The number of phenolic OH excluding ortho intramolecular Hbond substituents is 1. The molecular formula is C22H14Cl2N2O3. The molecule has 144 valence electrons. The van der Waals surface area contributed by atoms with E-state index in [0.717, 1.165) is 0 Å². The van der Waals surface area contributed by atoms with Crippen LogP contribution in [0.15, 0.2) is 72.9 Å². The first-order valence-electron chi connectivity index (χ1n) is 8.62. The van der Waals surface area contributed by atoms with Gasteiger partial charge in [-0.3, -0.25) is 9.78 Å². The maximum Gasteiger partial charge on any atom is 0.256 e. The van der Waals surface area contributed by atoms with Crippen LogP contribution in [0, 0.1) is 0 Å². The van der Waals surface area contributed by atoms with E-state index >= 15 is 0 Å². The van der Waals surface area contributed by atoms with Gasteiger partial charge < -0.3 is 15.2 Å². The summed E-state index contributed by atoms with van der Waals surface area (Å²) in [5, 5.41) is 14.2. The monoisotopic (exact) mass is 424 g/mol. The van der Waals surface area contributed by atoms with E-state index in [1.807, 2.05) is 0 Å². The molecule has 0 saturated heterocycles. The van der Waals surface area contributed by atoms with Crippen molar-refractivity contribution >= 4 is 45.7 Å². The Labute approximate surface area is 176 Å². The molecule has 3 aromatic carbocycles. The lowest BCUT2D eigenvalue weighted by Crippen LogP contribution is -2.12. The Kier molecular flexibility index (Phi) is 5.25. The fourth-order valence-electron chi connectivity index (χ4n) is 2.85. The van der Waals surface area contributed by atoms with Crippen LogP contribution in [0.1, 0.15) is 10.4 Å². The first-order valence-corrected chi connectivity index (χ1v) is 9.38. The third-order valence-electron chi connectivity index (χ3n) is 4.22. The highest BCUT2D eigenvalue weighted by Gasteiger charge is 2.14. The number of hydrogen-bond acceptors (Lipinski definition) is 4. The molecular weight excluding hydrogens is 411 g/mol. The van der Waals surface area contributed by atoms with Gasteiger partial charge in [-0.25, -0.2) is 0 Å². The summed E-state index contributed by atoms with van der Waals surface area (Å²) < 4.78 is 5.74. The van der Waals surface area contributed by atoms with Gasteiger partial charge in [0.15, 0.2) is 0 Å². The minimum atomic E-state index is -0.342. The van der Waals surface area contributed by atoms with E-state index in [0.29, 0.717) is 43.7 Å². The summed E-state index contributed by atoms with van der Waals surface area (Å²) in [5.74, 6) is 0.719. The number of amides is 1. The second-order valence-electron chi connectivity index (χ2n) is 6.19. The average molecular weight is 425 g/mol. The molecule has 0 saturated carbocycles. The summed E-state index contributed by atoms with van der Waals surface area (Å²) >= 11 is 12.2. The lowest BCUT2D eigenvalue weighted by Gasteiger charge is -2.11. The Morgan fingerprint density at radius 1 is 1.00 bits per heavy atom. The predicted octanol–water partition coefficient (Wildman–Crippen LogP) is 6.29. The largest absolute Gasteiger partial charge is 0.506 e. The van der Waals surface area contributed by atoms with Crippen LogP contribution in [-0.2, 0) is 0 Å². The number of hydrogen-bond donors (Lipinski definition) is 2. The van der Waals surface area contributed by atoms with Crippen LogP contribution in [0.3, 0.4) is 0 Å². The molecule has 2 N–H and O–H groups in total. The van der Waals surface area contributed by atoms with Crippen LogP contribution in [-0.4, -0.2) is 16.0 Å². The number of phenols is 1. The number of anilines is 1. The van der Waals surface area contributed by atoms with E-state index in [-0.39, 0.29) is 11.7 Å². The molecule has 0 spiro atoms. The zero-order valence-corrected chi connectivity index (χ0v) is 16.4. The smallest absolute Gasteiger partial charge is 0.256 e. The number of halogens is 2. The van der Waals surface area contributed by atoms with E-state index in [1.54, 1.807) is 66.9 Å². The van der Waals surface area contributed by atoms with Gasteiger partial charge in [-0.05, 0) is 60.7 Å². The van der Waals surface area contributed by atoms with Gasteiger partial charge in [0.05, 0.1) is 5.02 Å². The van der Waals surface area contributed by atoms with Gasteiger partial charge in [0.2, 0.25) is 0 Å². The molecule has 0 unspecified atom stereocenters. The third-order valence-corrected chi connectivity index (χ3v) is 4.77. The number of aromatic nitrogens is 1. The van der Waals surface area contributed by atoms with Crippen molar-refractivity contribution in [3.63, 3.8) is 0 Å². The van der Waals surface area contributed by atoms with Crippen LogP contribution in [0.2, 0.25) is 10.0 Å². The fraction of sp³-hybridized carbons (Fsp3) is 0. The van der Waals surface area contributed by atoms with Gasteiger partial charge in [0, 0.05) is 27.9 Å². The second kappa shape index (κ2) is 7.99. The number of carbonyl (C=O) groups is 1. The number of carbonyl (C=O) groups excluding carboxylic acids is 1. The molecule has 29 heavy (non-hydrogen) atoms. The molecule has 0 aliphatic rings. The minimum Gasteiger partial charge on any atom is -0.506 e. The third kappa shape index (κ3) is 4.11. The number of rotatable bonds is 4. The van der Waals surface area contributed by atoms with E-state index < -0.39 is 0 Å². The van der Waals surface area contributed by atoms with Crippen molar-refractivity contribution in [2.45, 2.75) is 0 Å². The SMILES string of the molecule is O=C(Nc1ccc(Oc2ccc(Cl)cc2)c(Cl)c1)c1ccc(O)c2ncccc12. The summed E-state index contributed by atoms with van der Waals surface area (Å²) in [6.07, 6.45) is 1.56. The Morgan fingerprint density at radius 3 is 2.55 bits per heavy atom. The highest BCUT2D eigenvalue weighted by molar-refractivity contribution is 6.32. The van der Waals surface area contributed by atoms with E-state index in [4.69, 9.17) is 27.9 Å². The second-order valence-corrected chi connectivity index (χ2v) is 7.03. The highest BCUT2D eigenvalue weighted by atomic mass is 35.5. The van der Waals surface area contributed by atoms with Crippen molar-refractivity contribution in [3.05, 3.63) is 88.5 Å². The standard InChI is InChI=1S/C22H14Cl2N2O3/c23-13-3-6-15(7-4-13)29-20-10-5-14(12-18(20)24)26-22(28)17-8-9-19(27)21-16(17)2-1-11-25-21/h1-12,27H,(H,26,28). The van der Waals surface area contributed by atoms with Crippen LogP contribution in [0.25, 0.3) is 10.9 Å². The molecule has 0 radical (unpaired) electrons. The molecule has 5 nitrogen and oxygen atoms in total. The van der Waals surface area contributed by atoms with Crippen LogP contribution in [0.5, 0.6) is 17.2 Å². The number of pyridine rings is 1. The molecule has 1 aromatic heterocycles. The van der Waals surface area contributed by atoms with Gasteiger partial charge in [0.25, 0.3) is 5.91 Å². The zero-order chi connectivity index (χ0) is 20.4. The van der Waals surface area contributed by atoms with Gasteiger partial charge in [-0.2, -0.15) is 0 Å². The summed E-state index contributed by atoms with van der Waals surface area (Å²) in [6.45, 7) is 0. The summed E-state index contributed by atoms with van der Waals surface area (Å²) in [5.41, 5.74) is 1.27. The van der Waals surface area contributed by atoms with Crippen LogP contribution in [0.4, 0.5) is 5.69 Å². The van der Waals surface area contributed by atoms with Crippen molar-refractivity contribution in [2.75, 3.05) is 5.32 Å². The zero-order valence-electron chi connectivity index (χ0n) is 14.9.